The molecule has 3 aliphatic rings. The second kappa shape index (κ2) is 13.2. The van der Waals surface area contributed by atoms with Crippen LogP contribution in [0, 0.1) is 17.2 Å². The molecule has 3 atom stereocenters. The van der Waals surface area contributed by atoms with Crippen LogP contribution in [0.2, 0.25) is 0 Å². The van der Waals surface area contributed by atoms with Gasteiger partial charge in [0.25, 0.3) is 0 Å². The average Bonchev–Trinajstić information content (AvgIpc) is 3.04. The van der Waals surface area contributed by atoms with Crippen molar-refractivity contribution < 1.29 is 4.74 Å². The Morgan fingerprint density at radius 1 is 1.05 bits per heavy atom. The Morgan fingerprint density at radius 2 is 1.91 bits per heavy atom. The van der Waals surface area contributed by atoms with Gasteiger partial charge in [0.1, 0.15) is 5.82 Å². The van der Waals surface area contributed by atoms with E-state index in [4.69, 9.17) is 14.7 Å². The third-order valence-electron chi connectivity index (χ3n) is 9.56. The van der Waals surface area contributed by atoms with Crippen LogP contribution in [-0.2, 0) is 13.0 Å². The fraction of sp³-hybridized carbons (Fsp3) is 0.514. The smallest absolute Gasteiger partial charge is 0.318 e. The highest BCUT2D eigenvalue weighted by Crippen LogP contribution is 2.35. The van der Waals surface area contributed by atoms with Gasteiger partial charge in [0.2, 0.25) is 0 Å². The molecule has 0 amide bonds. The zero-order valence-electron chi connectivity index (χ0n) is 26.0. The molecule has 3 heterocycles. The number of nitrogens with zero attached hydrogens (tertiary/aromatic N) is 7. The molecule has 0 N–H and O–H groups in total. The highest BCUT2D eigenvalue weighted by molar-refractivity contribution is 5.94. The lowest BCUT2D eigenvalue weighted by molar-refractivity contribution is 0.136. The van der Waals surface area contributed by atoms with E-state index in [0.717, 1.165) is 57.1 Å². The van der Waals surface area contributed by atoms with Gasteiger partial charge in [0.05, 0.1) is 37.4 Å². The maximum atomic E-state index is 9.58. The maximum absolute atomic E-state index is 9.58. The molecule has 0 radical (unpaired) electrons. The lowest BCUT2D eigenvalue weighted by Gasteiger charge is -2.42. The molecule has 8 heteroatoms. The molecular weight excluding hydrogens is 534 g/mol. The Hall–Kier alpha value is -3.83. The van der Waals surface area contributed by atoms with Gasteiger partial charge >= 0.3 is 6.01 Å². The number of anilines is 2. The van der Waals surface area contributed by atoms with Crippen molar-refractivity contribution in [2.24, 2.45) is 5.92 Å². The largest absolute Gasteiger partial charge is 0.463 e. The van der Waals surface area contributed by atoms with E-state index in [9.17, 15) is 5.26 Å². The first kappa shape index (κ1) is 29.3. The normalized spacial score (nSPS) is 22.7. The van der Waals surface area contributed by atoms with Gasteiger partial charge in [0.15, 0.2) is 0 Å². The summed E-state index contributed by atoms with van der Waals surface area (Å²) >= 11 is 0. The van der Waals surface area contributed by atoms with E-state index in [-0.39, 0.29) is 6.04 Å². The van der Waals surface area contributed by atoms with Crippen molar-refractivity contribution in [3.8, 4) is 12.1 Å². The van der Waals surface area contributed by atoms with Gasteiger partial charge < -0.3 is 24.3 Å². The summed E-state index contributed by atoms with van der Waals surface area (Å²) in [6.45, 7) is 6.81. The van der Waals surface area contributed by atoms with Gasteiger partial charge in [-0.3, -0.25) is 0 Å². The van der Waals surface area contributed by atoms with Crippen LogP contribution in [0.5, 0.6) is 6.01 Å². The highest BCUT2D eigenvalue weighted by atomic mass is 16.5. The molecule has 3 aromatic rings. The van der Waals surface area contributed by atoms with E-state index in [1.807, 2.05) is 6.92 Å². The van der Waals surface area contributed by atoms with E-state index in [1.165, 1.54) is 41.3 Å². The van der Waals surface area contributed by atoms with Crippen molar-refractivity contribution in [3.63, 3.8) is 0 Å². The van der Waals surface area contributed by atoms with Crippen LogP contribution in [0.4, 0.5) is 11.5 Å². The minimum atomic E-state index is 0.130. The first-order chi connectivity index (χ1) is 21.0. The molecule has 0 bridgehead atoms. The molecule has 1 aromatic heterocycles. The van der Waals surface area contributed by atoms with Crippen molar-refractivity contribution >= 4 is 22.3 Å². The van der Waals surface area contributed by atoms with Crippen LogP contribution < -0.4 is 14.5 Å². The van der Waals surface area contributed by atoms with Crippen LogP contribution in [0.25, 0.3) is 10.8 Å². The molecule has 226 valence electrons. The third-order valence-corrected chi connectivity index (χ3v) is 9.56. The molecule has 8 nitrogen and oxygen atoms in total. The van der Waals surface area contributed by atoms with Crippen molar-refractivity contribution in [2.75, 3.05) is 56.7 Å². The lowest BCUT2D eigenvalue weighted by Crippen LogP contribution is -2.51. The number of rotatable bonds is 8. The van der Waals surface area contributed by atoms with Gasteiger partial charge in [-0.1, -0.05) is 48.9 Å². The first-order valence-corrected chi connectivity index (χ1v) is 16.0. The Labute approximate surface area is 256 Å². The van der Waals surface area contributed by atoms with Gasteiger partial charge in [-0.2, -0.15) is 15.2 Å². The highest BCUT2D eigenvalue weighted by Gasteiger charge is 2.31. The summed E-state index contributed by atoms with van der Waals surface area (Å²) in [6.07, 6.45) is 10.4. The SMILES string of the molecule is CC=CN1CCN(c2nc(OCC3CCCC(N(C)C)C3)nc3c2CCN(c2cccc4ccccc24)C3)CC1CC#N. The van der Waals surface area contributed by atoms with Crippen molar-refractivity contribution in [1.82, 2.24) is 19.8 Å². The van der Waals surface area contributed by atoms with Gasteiger partial charge in [-0.15, -0.1) is 0 Å². The molecule has 1 saturated carbocycles. The number of nitriles is 1. The fourth-order valence-electron chi connectivity index (χ4n) is 7.22. The summed E-state index contributed by atoms with van der Waals surface area (Å²) in [6, 6.07) is 18.8. The van der Waals surface area contributed by atoms with Crippen LogP contribution in [0.15, 0.2) is 54.7 Å². The minimum absolute atomic E-state index is 0.130. The number of ether oxygens (including phenoxy) is 1. The predicted octanol–water partition coefficient (Wildman–Crippen LogP) is 5.63. The fourth-order valence-corrected chi connectivity index (χ4v) is 7.22. The molecule has 1 saturated heterocycles. The van der Waals surface area contributed by atoms with Crippen LogP contribution in [0.3, 0.4) is 0 Å². The van der Waals surface area contributed by atoms with Gasteiger partial charge in [-0.05, 0) is 70.3 Å². The summed E-state index contributed by atoms with van der Waals surface area (Å²) < 4.78 is 6.46. The topological polar surface area (TPSA) is 71.8 Å². The van der Waals surface area contributed by atoms with E-state index in [1.54, 1.807) is 0 Å². The molecule has 6 rings (SSSR count). The number of hydrogen-bond acceptors (Lipinski definition) is 8. The second-order valence-corrected chi connectivity index (χ2v) is 12.6. The lowest BCUT2D eigenvalue weighted by atomic mass is 9.86. The summed E-state index contributed by atoms with van der Waals surface area (Å²) in [7, 11) is 4.37. The number of piperazine rings is 1. The monoisotopic (exact) mass is 579 g/mol. The number of fused-ring (bicyclic) bond motifs is 2. The van der Waals surface area contributed by atoms with Crippen LogP contribution in [-0.4, -0.2) is 78.7 Å². The molecular formula is C35H45N7O. The molecule has 2 aromatic carbocycles. The van der Waals surface area contributed by atoms with Crippen molar-refractivity contribution in [1.29, 1.82) is 5.26 Å². The zero-order chi connectivity index (χ0) is 29.8. The van der Waals surface area contributed by atoms with E-state index in [0.29, 0.717) is 31.0 Å². The summed E-state index contributed by atoms with van der Waals surface area (Å²) in [5.74, 6) is 1.51. The Balaban J connectivity index is 1.30. The van der Waals surface area contributed by atoms with E-state index >= 15 is 0 Å². The van der Waals surface area contributed by atoms with E-state index in [2.05, 4.69) is 94.5 Å². The maximum Gasteiger partial charge on any atom is 0.318 e. The number of allylic oxidation sites excluding steroid dienone is 1. The number of aromatic nitrogens is 2. The van der Waals surface area contributed by atoms with E-state index < -0.39 is 0 Å². The summed E-state index contributed by atoms with van der Waals surface area (Å²) in [5, 5.41) is 12.1. The standard InChI is InChI=1S/C35H45N7O/c1-4-18-40-20-21-42(23-29(40)15-17-36)34-31-16-19-41(33-14-8-11-27-10-5-6-13-30(27)33)24-32(31)37-35(38-34)43-25-26-9-7-12-28(22-26)39(2)3/h4-6,8,10-11,13-14,18,26,28-29H,7,9,12,15-16,19-25H2,1-3H3. The molecule has 43 heavy (non-hydrogen) atoms. The zero-order valence-corrected chi connectivity index (χ0v) is 26.0. The van der Waals surface area contributed by atoms with Crippen LogP contribution in [0.1, 0.15) is 50.3 Å². The molecule has 0 spiro atoms. The molecule has 2 aliphatic heterocycles. The third kappa shape index (κ3) is 6.42. The number of benzene rings is 2. The first-order valence-electron chi connectivity index (χ1n) is 16.0. The van der Waals surface area contributed by atoms with Crippen LogP contribution >= 0.6 is 0 Å². The van der Waals surface area contributed by atoms with Gasteiger partial charge in [-0.25, -0.2) is 0 Å². The van der Waals surface area contributed by atoms with Crippen molar-refractivity contribution in [3.05, 3.63) is 66.0 Å². The molecule has 1 aliphatic carbocycles. The summed E-state index contributed by atoms with van der Waals surface area (Å²) in [4.78, 5) is 19.7. The quantitative estimate of drug-likeness (QED) is 0.340. The average molecular weight is 580 g/mol. The molecule has 2 fully saturated rings. The Morgan fingerprint density at radius 3 is 2.74 bits per heavy atom. The minimum Gasteiger partial charge on any atom is -0.463 e. The Kier molecular flexibility index (Phi) is 8.99. The Bertz CT molecular complexity index is 1480. The summed E-state index contributed by atoms with van der Waals surface area (Å²) in [5.41, 5.74) is 3.53. The number of hydrogen-bond donors (Lipinski definition) is 0. The molecule has 3 unspecified atom stereocenters. The predicted molar refractivity (Wildman–Crippen MR) is 173 cm³/mol. The second-order valence-electron chi connectivity index (χ2n) is 12.6. The van der Waals surface area contributed by atoms with Crippen molar-refractivity contribution in [2.45, 2.75) is 64.1 Å². The van der Waals surface area contributed by atoms with Gasteiger partial charge in [0, 0.05) is 48.9 Å².